The summed E-state index contributed by atoms with van der Waals surface area (Å²) in [5.41, 5.74) is 5.91. The number of nitrogens with two attached hydrogens (primary N) is 1. The van der Waals surface area contributed by atoms with Crippen LogP contribution in [0.1, 0.15) is 12.0 Å². The van der Waals surface area contributed by atoms with Gasteiger partial charge >= 0.3 is 0 Å². The molecule has 0 radical (unpaired) electrons. The van der Waals surface area contributed by atoms with Crippen LogP contribution in [0.2, 0.25) is 0 Å². The number of nitriles is 1. The first kappa shape index (κ1) is 15.0. The molecule has 1 aromatic carbocycles. The molecule has 1 heterocycles. The topological polar surface area (TPSA) is 127 Å². The minimum atomic E-state index is -3.73. The SMILES string of the molecule is N#Cc1cc(N)ccc1S(=O)(=O)NCCCn1ccnn1. The molecule has 110 valence electrons. The highest BCUT2D eigenvalue weighted by atomic mass is 32.2. The van der Waals surface area contributed by atoms with E-state index in [1.54, 1.807) is 17.1 Å². The van der Waals surface area contributed by atoms with Gasteiger partial charge in [-0.15, -0.1) is 5.10 Å². The number of hydrogen-bond acceptors (Lipinski definition) is 6. The number of anilines is 1. The minimum absolute atomic E-state index is 0.0266. The predicted octanol–water partition coefficient (Wildman–Crippen LogP) is 0.101. The van der Waals surface area contributed by atoms with E-state index in [0.717, 1.165) is 0 Å². The lowest BCUT2D eigenvalue weighted by Crippen LogP contribution is -2.26. The molecule has 21 heavy (non-hydrogen) atoms. The van der Waals surface area contributed by atoms with Crippen LogP contribution >= 0.6 is 0 Å². The number of hydrogen-bond donors (Lipinski definition) is 2. The lowest BCUT2D eigenvalue weighted by molar-refractivity contribution is 0.542. The number of nitrogens with zero attached hydrogens (tertiary/aromatic N) is 4. The first-order valence-corrected chi connectivity index (χ1v) is 7.64. The van der Waals surface area contributed by atoms with Gasteiger partial charge in [-0.05, 0) is 24.6 Å². The average Bonchev–Trinajstić information content (AvgIpc) is 2.96. The van der Waals surface area contributed by atoms with Gasteiger partial charge in [0.1, 0.15) is 6.07 Å². The molecule has 2 rings (SSSR count). The zero-order valence-corrected chi connectivity index (χ0v) is 11.9. The van der Waals surface area contributed by atoms with E-state index >= 15 is 0 Å². The second-order valence-corrected chi connectivity index (χ2v) is 6.02. The molecule has 2 aromatic rings. The molecule has 9 heteroatoms. The highest BCUT2D eigenvalue weighted by molar-refractivity contribution is 7.89. The largest absolute Gasteiger partial charge is 0.399 e. The Kier molecular flexibility index (Phi) is 4.52. The van der Waals surface area contributed by atoms with Gasteiger partial charge in [-0.3, -0.25) is 4.68 Å². The maximum absolute atomic E-state index is 12.1. The maximum atomic E-state index is 12.1. The van der Waals surface area contributed by atoms with Gasteiger partial charge in [0, 0.05) is 25.0 Å². The smallest absolute Gasteiger partial charge is 0.241 e. The third-order valence-electron chi connectivity index (χ3n) is 2.74. The average molecular weight is 306 g/mol. The number of aryl methyl sites for hydroxylation is 1. The molecular weight excluding hydrogens is 292 g/mol. The number of aromatic nitrogens is 3. The summed E-state index contributed by atoms with van der Waals surface area (Å²) in [6.45, 7) is 0.785. The normalized spacial score (nSPS) is 11.2. The monoisotopic (exact) mass is 306 g/mol. The van der Waals surface area contributed by atoms with E-state index in [4.69, 9.17) is 11.0 Å². The van der Waals surface area contributed by atoms with Crippen LogP contribution in [0.5, 0.6) is 0 Å². The van der Waals surface area contributed by atoms with Gasteiger partial charge < -0.3 is 5.73 Å². The zero-order valence-electron chi connectivity index (χ0n) is 11.1. The third kappa shape index (κ3) is 3.77. The van der Waals surface area contributed by atoms with E-state index in [1.165, 1.54) is 18.2 Å². The summed E-state index contributed by atoms with van der Waals surface area (Å²) in [5, 5.41) is 16.4. The van der Waals surface area contributed by atoms with Gasteiger partial charge in [-0.1, -0.05) is 5.21 Å². The molecule has 0 amide bonds. The number of nitrogen functional groups attached to an aromatic ring is 1. The van der Waals surface area contributed by atoms with Crippen molar-refractivity contribution in [2.75, 3.05) is 12.3 Å². The van der Waals surface area contributed by atoms with Crippen molar-refractivity contribution in [3.63, 3.8) is 0 Å². The van der Waals surface area contributed by atoms with Crippen molar-refractivity contribution < 1.29 is 8.42 Å². The lowest BCUT2D eigenvalue weighted by Gasteiger charge is -2.08. The van der Waals surface area contributed by atoms with Crippen molar-refractivity contribution in [3.05, 3.63) is 36.2 Å². The first-order chi connectivity index (χ1) is 10.0. The van der Waals surface area contributed by atoms with Crippen LogP contribution in [-0.4, -0.2) is 30.0 Å². The first-order valence-electron chi connectivity index (χ1n) is 6.16. The molecule has 0 fully saturated rings. The number of sulfonamides is 1. The van der Waals surface area contributed by atoms with Crippen molar-refractivity contribution in [2.45, 2.75) is 17.9 Å². The molecule has 0 aliphatic heterocycles. The summed E-state index contributed by atoms with van der Waals surface area (Å²) < 4.78 is 28.4. The summed E-state index contributed by atoms with van der Waals surface area (Å²) in [6.07, 6.45) is 3.81. The highest BCUT2D eigenvalue weighted by Gasteiger charge is 2.18. The van der Waals surface area contributed by atoms with E-state index in [2.05, 4.69) is 15.0 Å². The van der Waals surface area contributed by atoms with Crippen LogP contribution in [0.15, 0.2) is 35.5 Å². The number of nitrogens with one attached hydrogen (secondary N) is 1. The van der Waals surface area contributed by atoms with E-state index in [9.17, 15) is 8.42 Å². The Hall–Kier alpha value is -2.44. The van der Waals surface area contributed by atoms with Crippen LogP contribution in [-0.2, 0) is 16.6 Å². The molecule has 3 N–H and O–H groups in total. The fourth-order valence-electron chi connectivity index (χ4n) is 1.75. The van der Waals surface area contributed by atoms with Gasteiger partial charge in [0.15, 0.2) is 0 Å². The van der Waals surface area contributed by atoms with E-state index in [1.807, 2.05) is 6.07 Å². The van der Waals surface area contributed by atoms with Crippen LogP contribution < -0.4 is 10.5 Å². The van der Waals surface area contributed by atoms with Crippen molar-refractivity contribution >= 4 is 15.7 Å². The Morgan fingerprint density at radius 3 is 2.90 bits per heavy atom. The van der Waals surface area contributed by atoms with Gasteiger partial charge in [0.25, 0.3) is 0 Å². The predicted molar refractivity (Wildman–Crippen MR) is 75.4 cm³/mol. The fourth-order valence-corrected chi connectivity index (χ4v) is 2.96. The Balaban J connectivity index is 2.00. The Labute approximate surface area is 122 Å². The lowest BCUT2D eigenvalue weighted by atomic mass is 10.2. The van der Waals surface area contributed by atoms with E-state index in [-0.39, 0.29) is 17.0 Å². The Morgan fingerprint density at radius 1 is 1.43 bits per heavy atom. The molecule has 0 aliphatic rings. The summed E-state index contributed by atoms with van der Waals surface area (Å²) in [6, 6.07) is 5.95. The van der Waals surface area contributed by atoms with Crippen molar-refractivity contribution in [1.29, 1.82) is 5.26 Å². The molecule has 0 saturated heterocycles. The Bertz CT molecular complexity index is 749. The van der Waals surface area contributed by atoms with Gasteiger partial charge in [0.2, 0.25) is 10.0 Å². The van der Waals surface area contributed by atoms with Gasteiger partial charge in [-0.2, -0.15) is 5.26 Å². The quantitative estimate of drug-likeness (QED) is 0.575. The molecule has 0 saturated carbocycles. The second-order valence-electron chi connectivity index (χ2n) is 4.28. The van der Waals surface area contributed by atoms with Gasteiger partial charge in [0.05, 0.1) is 16.7 Å². The molecule has 1 aromatic heterocycles. The summed E-state index contributed by atoms with van der Waals surface area (Å²) >= 11 is 0. The number of rotatable bonds is 6. The van der Waals surface area contributed by atoms with Crippen molar-refractivity contribution in [3.8, 4) is 6.07 Å². The van der Waals surface area contributed by atoms with E-state index in [0.29, 0.717) is 18.7 Å². The standard InChI is InChI=1S/C12H14N6O2S/c13-9-10-8-11(14)2-3-12(10)21(19,20)16-4-1-6-18-7-5-15-17-18/h2-3,5,7-8,16H,1,4,6,14H2. The summed E-state index contributed by atoms with van der Waals surface area (Å²) in [4.78, 5) is -0.0695. The molecule has 0 aliphatic carbocycles. The van der Waals surface area contributed by atoms with Crippen LogP contribution in [0, 0.1) is 11.3 Å². The number of benzene rings is 1. The molecule has 8 nitrogen and oxygen atoms in total. The second kappa shape index (κ2) is 6.34. The maximum Gasteiger partial charge on any atom is 0.241 e. The van der Waals surface area contributed by atoms with Gasteiger partial charge in [-0.25, -0.2) is 13.1 Å². The molecule has 0 bridgehead atoms. The third-order valence-corrected chi connectivity index (χ3v) is 4.26. The summed E-state index contributed by atoms with van der Waals surface area (Å²) in [7, 11) is -3.73. The highest BCUT2D eigenvalue weighted by Crippen LogP contribution is 2.17. The van der Waals surface area contributed by atoms with Crippen molar-refractivity contribution in [1.82, 2.24) is 19.7 Å². The molecular formula is C12H14N6O2S. The van der Waals surface area contributed by atoms with Crippen LogP contribution in [0.3, 0.4) is 0 Å². The zero-order chi connectivity index (χ0) is 15.3. The van der Waals surface area contributed by atoms with Crippen LogP contribution in [0.4, 0.5) is 5.69 Å². The molecule has 0 spiro atoms. The summed E-state index contributed by atoms with van der Waals surface area (Å²) in [5.74, 6) is 0. The fraction of sp³-hybridized carbons (Fsp3) is 0.250. The Morgan fingerprint density at radius 2 is 2.24 bits per heavy atom. The molecule has 0 unspecified atom stereocenters. The molecule has 0 atom stereocenters. The minimum Gasteiger partial charge on any atom is -0.399 e. The van der Waals surface area contributed by atoms with Crippen LogP contribution in [0.25, 0.3) is 0 Å². The van der Waals surface area contributed by atoms with E-state index < -0.39 is 10.0 Å². The van der Waals surface area contributed by atoms with Crippen molar-refractivity contribution in [2.24, 2.45) is 0 Å².